The molecule has 1 aliphatic rings. The average Bonchev–Trinajstić information content (AvgIpc) is 3.04. The van der Waals surface area contributed by atoms with Crippen LogP contribution in [0.15, 0.2) is 24.5 Å². The van der Waals surface area contributed by atoms with Crippen LogP contribution >= 0.6 is 11.6 Å². The second-order valence-corrected chi connectivity index (χ2v) is 6.00. The second kappa shape index (κ2) is 5.51. The minimum atomic E-state index is 0.580. The van der Waals surface area contributed by atoms with Crippen LogP contribution in [0.4, 0.5) is 0 Å². The summed E-state index contributed by atoms with van der Waals surface area (Å²) < 4.78 is 1.99. The summed E-state index contributed by atoms with van der Waals surface area (Å²) in [6.07, 6.45) is 9.47. The molecular weight excluding hydrogens is 258 g/mol. The molecule has 3 nitrogen and oxygen atoms in total. The van der Waals surface area contributed by atoms with Crippen LogP contribution in [0.3, 0.4) is 0 Å². The quantitative estimate of drug-likeness (QED) is 0.924. The Hall–Kier alpha value is -1.06. The van der Waals surface area contributed by atoms with E-state index in [4.69, 9.17) is 11.6 Å². The van der Waals surface area contributed by atoms with Crippen molar-refractivity contribution in [3.8, 4) is 0 Å². The highest BCUT2D eigenvalue weighted by atomic mass is 35.5. The zero-order valence-corrected chi connectivity index (χ0v) is 12.0. The van der Waals surface area contributed by atoms with E-state index >= 15 is 0 Å². The fourth-order valence-electron chi connectivity index (χ4n) is 2.99. The number of imidazole rings is 1. The summed E-state index contributed by atoms with van der Waals surface area (Å²) in [5.41, 5.74) is 2.03. The Morgan fingerprint density at radius 3 is 2.95 bits per heavy atom. The van der Waals surface area contributed by atoms with Crippen molar-refractivity contribution in [3.05, 3.63) is 35.2 Å². The first-order valence-electron chi connectivity index (χ1n) is 7.09. The van der Waals surface area contributed by atoms with E-state index < -0.39 is 0 Å². The zero-order valence-electron chi connectivity index (χ0n) is 11.3. The number of hydrogen-bond acceptors (Lipinski definition) is 2. The third-order valence-corrected chi connectivity index (χ3v) is 4.40. The van der Waals surface area contributed by atoms with Crippen LogP contribution in [0, 0.1) is 5.92 Å². The summed E-state index contributed by atoms with van der Waals surface area (Å²) in [4.78, 5) is 4.59. The van der Waals surface area contributed by atoms with Gasteiger partial charge in [0.15, 0.2) is 0 Å². The number of nitrogens with zero attached hydrogens (tertiary/aromatic N) is 2. The number of fused-ring (bicyclic) bond motifs is 1. The van der Waals surface area contributed by atoms with Gasteiger partial charge in [0.25, 0.3) is 0 Å². The SMILES string of the molecule is C[C@H](NCc1cn2cc(Cl)ccc2n1)C1CCCC1. The van der Waals surface area contributed by atoms with Gasteiger partial charge in [0, 0.05) is 25.0 Å². The van der Waals surface area contributed by atoms with Gasteiger partial charge in [-0.25, -0.2) is 4.98 Å². The topological polar surface area (TPSA) is 29.3 Å². The van der Waals surface area contributed by atoms with Crippen LogP contribution in [0.2, 0.25) is 5.02 Å². The highest BCUT2D eigenvalue weighted by Crippen LogP contribution is 2.27. The van der Waals surface area contributed by atoms with E-state index in [1.54, 1.807) is 0 Å². The number of rotatable bonds is 4. The number of halogens is 1. The van der Waals surface area contributed by atoms with Crippen molar-refractivity contribution >= 4 is 17.2 Å². The van der Waals surface area contributed by atoms with Crippen molar-refractivity contribution in [2.75, 3.05) is 0 Å². The minimum absolute atomic E-state index is 0.580. The molecule has 0 radical (unpaired) electrons. The molecule has 0 bridgehead atoms. The van der Waals surface area contributed by atoms with Gasteiger partial charge in [0.2, 0.25) is 0 Å². The lowest BCUT2D eigenvalue weighted by atomic mass is 10.00. The summed E-state index contributed by atoms with van der Waals surface area (Å²) in [7, 11) is 0. The fourth-order valence-corrected chi connectivity index (χ4v) is 3.16. The number of nitrogens with one attached hydrogen (secondary N) is 1. The Morgan fingerprint density at radius 2 is 2.16 bits per heavy atom. The first kappa shape index (κ1) is 12.9. The molecule has 4 heteroatoms. The van der Waals surface area contributed by atoms with Gasteiger partial charge in [-0.15, -0.1) is 0 Å². The smallest absolute Gasteiger partial charge is 0.137 e. The Balaban J connectivity index is 1.64. The molecule has 1 fully saturated rings. The molecule has 2 aromatic rings. The van der Waals surface area contributed by atoms with E-state index in [1.807, 2.05) is 22.7 Å². The van der Waals surface area contributed by atoms with Gasteiger partial charge in [-0.05, 0) is 37.8 Å². The maximum absolute atomic E-state index is 5.98. The molecule has 2 aromatic heterocycles. The maximum Gasteiger partial charge on any atom is 0.137 e. The van der Waals surface area contributed by atoms with Crippen LogP contribution in [0.25, 0.3) is 5.65 Å². The van der Waals surface area contributed by atoms with E-state index in [-0.39, 0.29) is 0 Å². The molecule has 1 saturated carbocycles. The first-order chi connectivity index (χ1) is 9.22. The van der Waals surface area contributed by atoms with Crippen LogP contribution in [0.1, 0.15) is 38.3 Å². The van der Waals surface area contributed by atoms with E-state index in [0.29, 0.717) is 6.04 Å². The van der Waals surface area contributed by atoms with Gasteiger partial charge in [-0.1, -0.05) is 24.4 Å². The Labute approximate surface area is 119 Å². The molecule has 2 heterocycles. The van der Waals surface area contributed by atoms with Crippen molar-refractivity contribution in [2.24, 2.45) is 5.92 Å². The van der Waals surface area contributed by atoms with Gasteiger partial charge in [-0.2, -0.15) is 0 Å². The third-order valence-electron chi connectivity index (χ3n) is 4.18. The predicted molar refractivity (Wildman–Crippen MR) is 78.5 cm³/mol. The van der Waals surface area contributed by atoms with Crippen LogP contribution in [-0.2, 0) is 6.54 Å². The first-order valence-corrected chi connectivity index (χ1v) is 7.47. The molecule has 0 aromatic carbocycles. The average molecular weight is 278 g/mol. The number of hydrogen-bond donors (Lipinski definition) is 1. The molecule has 0 aliphatic heterocycles. The Bertz CT molecular complexity index is 558. The molecule has 102 valence electrons. The van der Waals surface area contributed by atoms with E-state index in [1.165, 1.54) is 25.7 Å². The molecule has 0 spiro atoms. The summed E-state index contributed by atoms with van der Waals surface area (Å²) in [6, 6.07) is 4.41. The monoisotopic (exact) mass is 277 g/mol. The van der Waals surface area contributed by atoms with Gasteiger partial charge in [-0.3, -0.25) is 0 Å². The normalized spacial score (nSPS) is 18.2. The zero-order chi connectivity index (χ0) is 13.2. The van der Waals surface area contributed by atoms with E-state index in [2.05, 4.69) is 23.4 Å². The molecule has 1 atom stereocenters. The fraction of sp³-hybridized carbons (Fsp3) is 0.533. The molecule has 0 amide bonds. The standard InChI is InChI=1S/C15H20ClN3/c1-11(12-4-2-3-5-12)17-8-14-10-19-9-13(16)6-7-15(19)18-14/h6-7,9-12,17H,2-5,8H2,1H3/t11-/m0/s1. The highest BCUT2D eigenvalue weighted by Gasteiger charge is 2.21. The van der Waals surface area contributed by atoms with Crippen LogP contribution in [0.5, 0.6) is 0 Å². The van der Waals surface area contributed by atoms with Crippen molar-refractivity contribution in [1.82, 2.24) is 14.7 Å². The summed E-state index contributed by atoms with van der Waals surface area (Å²) >= 11 is 5.98. The van der Waals surface area contributed by atoms with Gasteiger partial charge < -0.3 is 9.72 Å². The predicted octanol–water partition coefficient (Wildman–Crippen LogP) is 3.66. The van der Waals surface area contributed by atoms with Crippen molar-refractivity contribution in [1.29, 1.82) is 0 Å². The summed E-state index contributed by atoms with van der Waals surface area (Å²) in [5, 5.41) is 4.35. The molecular formula is C15H20ClN3. The highest BCUT2D eigenvalue weighted by molar-refractivity contribution is 6.30. The lowest BCUT2D eigenvalue weighted by molar-refractivity contribution is 0.379. The number of pyridine rings is 1. The van der Waals surface area contributed by atoms with E-state index in [9.17, 15) is 0 Å². The third kappa shape index (κ3) is 2.93. The molecule has 0 unspecified atom stereocenters. The minimum Gasteiger partial charge on any atom is -0.308 e. The van der Waals surface area contributed by atoms with Crippen LogP contribution in [-0.4, -0.2) is 15.4 Å². The summed E-state index contributed by atoms with van der Waals surface area (Å²) in [5.74, 6) is 0.839. The Kier molecular flexibility index (Phi) is 3.76. The molecule has 1 N–H and O–H groups in total. The van der Waals surface area contributed by atoms with E-state index in [0.717, 1.165) is 28.8 Å². The van der Waals surface area contributed by atoms with Gasteiger partial charge in [0.1, 0.15) is 5.65 Å². The van der Waals surface area contributed by atoms with Crippen molar-refractivity contribution in [2.45, 2.75) is 45.2 Å². The maximum atomic E-state index is 5.98. The van der Waals surface area contributed by atoms with Crippen molar-refractivity contribution < 1.29 is 0 Å². The van der Waals surface area contributed by atoms with Crippen LogP contribution < -0.4 is 5.32 Å². The lowest BCUT2D eigenvalue weighted by Crippen LogP contribution is -2.31. The molecule has 19 heavy (non-hydrogen) atoms. The molecule has 0 saturated heterocycles. The van der Waals surface area contributed by atoms with Gasteiger partial charge >= 0.3 is 0 Å². The lowest BCUT2D eigenvalue weighted by Gasteiger charge is -2.19. The molecule has 1 aliphatic carbocycles. The summed E-state index contributed by atoms with van der Waals surface area (Å²) in [6.45, 7) is 3.12. The Morgan fingerprint density at radius 1 is 1.37 bits per heavy atom. The van der Waals surface area contributed by atoms with Gasteiger partial charge in [0.05, 0.1) is 10.7 Å². The number of aromatic nitrogens is 2. The largest absolute Gasteiger partial charge is 0.308 e. The second-order valence-electron chi connectivity index (χ2n) is 5.56. The molecule has 3 rings (SSSR count). The van der Waals surface area contributed by atoms with Crippen molar-refractivity contribution in [3.63, 3.8) is 0 Å².